The predicted molar refractivity (Wildman–Crippen MR) is 132 cm³/mol. The Morgan fingerprint density at radius 2 is 1.95 bits per heavy atom. The number of fused-ring (bicyclic) bond motifs is 1. The molecule has 2 aromatic heterocycles. The molecule has 1 saturated carbocycles. The molecular weight excluding hydrogens is 510 g/mol. The second-order valence-electron chi connectivity index (χ2n) is 10.1. The molecule has 0 aromatic carbocycles. The Bertz CT molecular complexity index is 1010. The number of thiazole rings is 1. The zero-order chi connectivity index (χ0) is 26.5. The summed E-state index contributed by atoms with van der Waals surface area (Å²) < 4.78 is 63.0. The summed E-state index contributed by atoms with van der Waals surface area (Å²) in [5.74, 6) is 0.777. The van der Waals surface area contributed by atoms with Gasteiger partial charge in [-0.1, -0.05) is 11.3 Å². The summed E-state index contributed by atoms with van der Waals surface area (Å²) in [4.78, 5) is 23.9. The first-order valence-electron chi connectivity index (χ1n) is 12.7. The highest BCUT2D eigenvalue weighted by atomic mass is 32.1. The van der Waals surface area contributed by atoms with Crippen LogP contribution in [0.2, 0.25) is 0 Å². The van der Waals surface area contributed by atoms with Crippen LogP contribution in [0.15, 0.2) is 18.3 Å². The molecule has 0 radical (unpaired) electrons. The first-order valence-corrected chi connectivity index (χ1v) is 13.6. The van der Waals surface area contributed by atoms with Crippen LogP contribution in [0, 0.1) is 12.8 Å². The maximum atomic E-state index is 15.5. The van der Waals surface area contributed by atoms with Gasteiger partial charge in [0, 0.05) is 43.0 Å². The molecule has 11 heteroatoms. The maximum absolute atomic E-state index is 15.5. The number of aryl methyl sites for hydroxylation is 1. The minimum Gasteiger partial charge on any atom is -0.484 e. The van der Waals surface area contributed by atoms with Crippen LogP contribution in [0.25, 0.3) is 0 Å². The summed E-state index contributed by atoms with van der Waals surface area (Å²) in [6.45, 7) is 2.60. The lowest BCUT2D eigenvalue weighted by atomic mass is 9.76. The molecule has 6 nitrogen and oxygen atoms in total. The number of carbonyl (C=O) groups is 1. The third-order valence-corrected chi connectivity index (χ3v) is 8.19. The third-order valence-electron chi connectivity index (χ3n) is 7.12. The summed E-state index contributed by atoms with van der Waals surface area (Å²) in [7, 11) is 0. The molecule has 0 spiro atoms. The number of carbonyl (C=O) groups excluding carboxylic acids is 1. The number of pyridine rings is 1. The van der Waals surface area contributed by atoms with Gasteiger partial charge in [0.1, 0.15) is 18.0 Å². The minimum atomic E-state index is -4.38. The van der Waals surface area contributed by atoms with E-state index in [2.05, 4.69) is 14.9 Å². The Morgan fingerprint density at radius 1 is 1.19 bits per heavy atom. The second kappa shape index (κ2) is 12.1. The van der Waals surface area contributed by atoms with Gasteiger partial charge in [-0.2, -0.15) is 13.2 Å². The fourth-order valence-corrected chi connectivity index (χ4v) is 5.85. The molecule has 1 aliphatic heterocycles. The number of ketones is 1. The molecule has 37 heavy (non-hydrogen) atoms. The molecule has 1 fully saturated rings. The van der Waals surface area contributed by atoms with Crippen LogP contribution in [0.4, 0.5) is 17.6 Å². The van der Waals surface area contributed by atoms with Crippen molar-refractivity contribution in [3.63, 3.8) is 0 Å². The van der Waals surface area contributed by atoms with Crippen molar-refractivity contribution in [2.75, 3.05) is 32.8 Å². The van der Waals surface area contributed by atoms with E-state index in [1.165, 1.54) is 11.3 Å². The zero-order valence-electron chi connectivity index (χ0n) is 21.0. The van der Waals surface area contributed by atoms with Crippen LogP contribution in [0.5, 0.6) is 10.9 Å². The summed E-state index contributed by atoms with van der Waals surface area (Å²) in [5, 5.41) is 0.0625. The van der Waals surface area contributed by atoms with E-state index < -0.39 is 18.5 Å². The van der Waals surface area contributed by atoms with Gasteiger partial charge in [0.15, 0.2) is 12.4 Å². The fourth-order valence-electron chi connectivity index (χ4n) is 4.91. The number of alkyl halides is 4. The maximum Gasteiger partial charge on any atom is 0.422 e. The van der Waals surface area contributed by atoms with E-state index in [1.807, 2.05) is 13.0 Å². The van der Waals surface area contributed by atoms with Gasteiger partial charge in [0.2, 0.25) is 0 Å². The zero-order valence-corrected chi connectivity index (χ0v) is 21.8. The van der Waals surface area contributed by atoms with Crippen molar-refractivity contribution in [3.8, 4) is 10.9 Å². The number of hydrogen-bond donors (Lipinski definition) is 0. The molecule has 0 N–H and O–H groups in total. The SMILES string of the molecule is Cc1ccc(OCC(=O)CC2CCC(F)(CCN3CCc4nc(OCC(F)(F)F)sc4CC3)CC2)cn1. The predicted octanol–water partition coefficient (Wildman–Crippen LogP) is 5.52. The van der Waals surface area contributed by atoms with Crippen molar-refractivity contribution < 1.29 is 31.8 Å². The van der Waals surface area contributed by atoms with E-state index in [-0.39, 0.29) is 23.5 Å². The number of nitrogens with zero attached hydrogens (tertiary/aromatic N) is 3. The van der Waals surface area contributed by atoms with E-state index in [0.717, 1.165) is 22.8 Å². The number of Topliss-reactive ketones (excluding diaryl/α,β-unsaturated/α-hetero) is 1. The van der Waals surface area contributed by atoms with E-state index in [1.54, 1.807) is 12.3 Å². The number of ether oxygens (including phenoxy) is 2. The number of rotatable bonds is 10. The van der Waals surface area contributed by atoms with Crippen LogP contribution in [0.1, 0.15) is 54.8 Å². The largest absolute Gasteiger partial charge is 0.484 e. The van der Waals surface area contributed by atoms with Crippen molar-refractivity contribution in [2.24, 2.45) is 5.92 Å². The topological polar surface area (TPSA) is 64.5 Å². The molecule has 0 unspecified atom stereocenters. The summed E-state index contributed by atoms with van der Waals surface area (Å²) >= 11 is 1.17. The molecule has 2 aromatic rings. The highest BCUT2D eigenvalue weighted by molar-refractivity contribution is 7.13. The first kappa shape index (κ1) is 27.8. The standard InChI is InChI=1S/C26H33F4N3O3S/c1-18-2-3-21(15-31-18)35-16-20(34)14-19-4-8-25(27,9-5-19)10-13-33-11-6-22-23(7-12-33)37-24(32-22)36-17-26(28,29)30/h2-3,15,19H,4-14,16-17H2,1H3. The van der Waals surface area contributed by atoms with Gasteiger partial charge in [0.05, 0.1) is 11.9 Å². The van der Waals surface area contributed by atoms with E-state index >= 15 is 4.39 Å². The second-order valence-corrected chi connectivity index (χ2v) is 11.2. The van der Waals surface area contributed by atoms with E-state index in [0.29, 0.717) is 70.2 Å². The van der Waals surface area contributed by atoms with Crippen LogP contribution in [-0.2, 0) is 17.6 Å². The molecule has 204 valence electrons. The molecule has 0 atom stereocenters. The van der Waals surface area contributed by atoms with E-state index in [4.69, 9.17) is 9.47 Å². The number of hydrogen-bond acceptors (Lipinski definition) is 7. The molecule has 0 saturated heterocycles. The third kappa shape index (κ3) is 8.63. The first-order chi connectivity index (χ1) is 17.6. The lowest BCUT2D eigenvalue weighted by molar-refractivity contribution is -0.153. The van der Waals surface area contributed by atoms with Gasteiger partial charge in [-0.15, -0.1) is 0 Å². The lowest BCUT2D eigenvalue weighted by Crippen LogP contribution is -2.36. The van der Waals surface area contributed by atoms with Crippen LogP contribution in [-0.4, -0.2) is 65.3 Å². The molecular formula is C26H33F4N3O3S. The van der Waals surface area contributed by atoms with Gasteiger partial charge in [-0.05, 0) is 63.5 Å². The molecule has 0 bridgehead atoms. The van der Waals surface area contributed by atoms with Crippen molar-refractivity contribution in [1.29, 1.82) is 0 Å². The summed E-state index contributed by atoms with van der Waals surface area (Å²) in [6.07, 6.45) is 1.65. The average molecular weight is 544 g/mol. The Hall–Kier alpha value is -2.27. The molecule has 0 amide bonds. The Morgan fingerprint density at radius 3 is 2.65 bits per heavy atom. The van der Waals surface area contributed by atoms with Crippen molar-refractivity contribution >= 4 is 17.1 Å². The van der Waals surface area contributed by atoms with Crippen molar-refractivity contribution in [3.05, 3.63) is 34.6 Å². The Labute approximate surface area is 218 Å². The smallest absolute Gasteiger partial charge is 0.422 e. The highest BCUT2D eigenvalue weighted by Gasteiger charge is 2.36. The molecule has 4 rings (SSSR count). The van der Waals surface area contributed by atoms with Gasteiger partial charge in [0.25, 0.3) is 5.19 Å². The number of aromatic nitrogens is 2. The fraction of sp³-hybridized carbons (Fsp3) is 0.654. The monoisotopic (exact) mass is 543 g/mol. The van der Waals surface area contributed by atoms with Crippen LogP contribution in [0.3, 0.4) is 0 Å². The van der Waals surface area contributed by atoms with E-state index in [9.17, 15) is 18.0 Å². The average Bonchev–Trinajstić information content (AvgIpc) is 3.15. The Balaban J connectivity index is 1.15. The van der Waals surface area contributed by atoms with Crippen molar-refractivity contribution in [2.45, 2.75) is 70.1 Å². The van der Waals surface area contributed by atoms with Gasteiger partial charge in [-0.25, -0.2) is 9.37 Å². The molecule has 3 heterocycles. The highest BCUT2D eigenvalue weighted by Crippen LogP contribution is 2.39. The molecule has 2 aliphatic rings. The molecule has 1 aliphatic carbocycles. The van der Waals surface area contributed by atoms with Crippen LogP contribution >= 0.6 is 11.3 Å². The lowest BCUT2D eigenvalue weighted by Gasteiger charge is -2.35. The quantitative estimate of drug-likeness (QED) is 0.368. The summed E-state index contributed by atoms with van der Waals surface area (Å²) in [6, 6.07) is 3.62. The van der Waals surface area contributed by atoms with Gasteiger partial charge >= 0.3 is 6.18 Å². The Kier molecular flexibility index (Phi) is 9.05. The normalized spacial score (nSPS) is 22.8. The van der Waals surface area contributed by atoms with Gasteiger partial charge < -0.3 is 14.4 Å². The summed E-state index contributed by atoms with van der Waals surface area (Å²) in [5.41, 5.74) is 0.441. The van der Waals surface area contributed by atoms with Gasteiger partial charge in [-0.3, -0.25) is 9.78 Å². The number of halogens is 4. The van der Waals surface area contributed by atoms with Crippen molar-refractivity contribution in [1.82, 2.24) is 14.9 Å². The minimum absolute atomic E-state index is 0.00720. The van der Waals surface area contributed by atoms with Crippen LogP contribution < -0.4 is 9.47 Å².